The number of amides is 1. The first-order chi connectivity index (χ1) is 12.7. The maximum atomic E-state index is 12.3. The number of carbonyl (C=O) groups excluding carboxylic acids is 1. The van der Waals surface area contributed by atoms with Gasteiger partial charge >= 0.3 is 0 Å². The maximum absolute atomic E-state index is 12.3. The van der Waals surface area contributed by atoms with Crippen LogP contribution in [0.25, 0.3) is 22.2 Å². The highest BCUT2D eigenvalue weighted by atomic mass is 35.5. The number of piperidine rings is 1. The molecule has 26 heavy (non-hydrogen) atoms. The van der Waals surface area contributed by atoms with Crippen LogP contribution in [-0.2, 0) is 11.3 Å². The topological polar surface area (TPSA) is 63.9 Å². The van der Waals surface area contributed by atoms with Gasteiger partial charge in [-0.1, -0.05) is 11.6 Å². The number of pyridine rings is 2. The van der Waals surface area contributed by atoms with Crippen LogP contribution in [0.3, 0.4) is 0 Å². The molecule has 0 saturated carbocycles. The lowest BCUT2D eigenvalue weighted by Gasteiger charge is -2.26. The number of nitrogens with zero attached hydrogens (tertiary/aromatic N) is 5. The Kier molecular flexibility index (Phi) is 4.84. The van der Waals surface area contributed by atoms with Crippen LogP contribution in [0.15, 0.2) is 36.8 Å². The molecular weight excluding hydrogens is 350 g/mol. The minimum Gasteiger partial charge on any atom is -0.343 e. The Bertz CT molecular complexity index is 933. The zero-order valence-electron chi connectivity index (χ0n) is 14.4. The number of rotatable bonds is 4. The van der Waals surface area contributed by atoms with E-state index in [2.05, 4.69) is 15.1 Å². The molecule has 1 aliphatic rings. The number of fused-ring (bicyclic) bond motifs is 1. The second-order valence-corrected chi connectivity index (χ2v) is 6.97. The van der Waals surface area contributed by atoms with Crippen LogP contribution in [-0.4, -0.2) is 43.6 Å². The average Bonchev–Trinajstić information content (AvgIpc) is 3.15. The summed E-state index contributed by atoms with van der Waals surface area (Å²) < 4.78 is 1.81. The van der Waals surface area contributed by atoms with Crippen molar-refractivity contribution in [2.24, 2.45) is 0 Å². The Hall–Kier alpha value is -2.47. The zero-order chi connectivity index (χ0) is 17.9. The molecule has 3 aromatic heterocycles. The van der Waals surface area contributed by atoms with Gasteiger partial charge in [0.15, 0.2) is 0 Å². The highest BCUT2D eigenvalue weighted by Gasteiger charge is 2.16. The minimum absolute atomic E-state index is 0.216. The predicted octanol–water partition coefficient (Wildman–Crippen LogP) is 3.55. The van der Waals surface area contributed by atoms with Crippen molar-refractivity contribution in [1.82, 2.24) is 24.6 Å². The zero-order valence-corrected chi connectivity index (χ0v) is 15.2. The highest BCUT2D eigenvalue weighted by Crippen LogP contribution is 2.22. The van der Waals surface area contributed by atoms with Crippen molar-refractivity contribution in [2.45, 2.75) is 32.2 Å². The molecule has 0 aliphatic carbocycles. The second kappa shape index (κ2) is 7.41. The summed E-state index contributed by atoms with van der Waals surface area (Å²) in [5.41, 5.74) is 3.44. The van der Waals surface area contributed by atoms with E-state index in [9.17, 15) is 4.79 Å². The Morgan fingerprint density at radius 2 is 1.92 bits per heavy atom. The number of aryl methyl sites for hydroxylation is 1. The van der Waals surface area contributed by atoms with Crippen LogP contribution in [0.1, 0.15) is 25.7 Å². The highest BCUT2D eigenvalue weighted by molar-refractivity contribution is 6.29. The van der Waals surface area contributed by atoms with E-state index in [1.54, 1.807) is 18.5 Å². The Morgan fingerprint density at radius 1 is 1.08 bits per heavy atom. The lowest BCUT2D eigenvalue weighted by Crippen LogP contribution is -2.36. The SMILES string of the molecule is O=C(CCn1cc(-c2cnc3ccc(Cl)nc3c2)cn1)N1CCCCC1. The molecule has 0 radical (unpaired) electrons. The van der Waals surface area contributed by atoms with E-state index >= 15 is 0 Å². The maximum Gasteiger partial charge on any atom is 0.224 e. The Balaban J connectivity index is 1.45. The average molecular weight is 370 g/mol. The van der Waals surface area contributed by atoms with Crippen molar-refractivity contribution in [1.29, 1.82) is 0 Å². The van der Waals surface area contributed by atoms with Crippen LogP contribution in [0.5, 0.6) is 0 Å². The molecule has 1 aliphatic heterocycles. The van der Waals surface area contributed by atoms with Crippen molar-refractivity contribution in [2.75, 3.05) is 13.1 Å². The standard InChI is InChI=1S/C19H20ClN5O/c20-18-5-4-16-17(23-18)10-14(11-21-16)15-12-22-25(13-15)9-6-19(26)24-7-2-1-3-8-24/h4-5,10-13H,1-3,6-9H2. The van der Waals surface area contributed by atoms with Gasteiger partial charge in [0.1, 0.15) is 5.15 Å². The normalized spacial score (nSPS) is 14.7. The molecule has 6 nitrogen and oxygen atoms in total. The molecule has 1 fully saturated rings. The molecular formula is C19H20ClN5O. The van der Waals surface area contributed by atoms with Crippen LogP contribution >= 0.6 is 11.6 Å². The van der Waals surface area contributed by atoms with Gasteiger partial charge in [0.2, 0.25) is 5.91 Å². The van der Waals surface area contributed by atoms with E-state index in [4.69, 9.17) is 11.6 Å². The molecule has 1 saturated heterocycles. The third kappa shape index (κ3) is 3.70. The predicted molar refractivity (Wildman–Crippen MR) is 101 cm³/mol. The van der Waals surface area contributed by atoms with Gasteiger partial charge in [0.25, 0.3) is 0 Å². The Morgan fingerprint density at radius 3 is 2.77 bits per heavy atom. The molecule has 4 heterocycles. The summed E-state index contributed by atoms with van der Waals surface area (Å²) in [6, 6.07) is 5.53. The fourth-order valence-corrected chi connectivity index (χ4v) is 3.44. The smallest absolute Gasteiger partial charge is 0.224 e. The third-order valence-electron chi connectivity index (χ3n) is 4.73. The van der Waals surface area contributed by atoms with Crippen molar-refractivity contribution >= 4 is 28.5 Å². The number of hydrogen-bond donors (Lipinski definition) is 0. The summed E-state index contributed by atoms with van der Waals surface area (Å²) in [7, 11) is 0. The van der Waals surface area contributed by atoms with Gasteiger partial charge in [-0.25, -0.2) is 4.98 Å². The van der Waals surface area contributed by atoms with E-state index in [-0.39, 0.29) is 5.91 Å². The van der Waals surface area contributed by atoms with Crippen LogP contribution < -0.4 is 0 Å². The van der Waals surface area contributed by atoms with E-state index in [1.165, 1.54) is 6.42 Å². The molecule has 0 spiro atoms. The number of carbonyl (C=O) groups is 1. The van der Waals surface area contributed by atoms with Crippen LogP contribution in [0.4, 0.5) is 0 Å². The van der Waals surface area contributed by atoms with Gasteiger partial charge in [-0.2, -0.15) is 5.10 Å². The lowest BCUT2D eigenvalue weighted by molar-refractivity contribution is -0.132. The molecule has 0 N–H and O–H groups in total. The van der Waals surface area contributed by atoms with Crippen molar-refractivity contribution in [3.63, 3.8) is 0 Å². The Labute approximate surface area is 156 Å². The van der Waals surface area contributed by atoms with Crippen molar-refractivity contribution in [3.8, 4) is 11.1 Å². The molecule has 0 atom stereocenters. The molecule has 4 rings (SSSR count). The first-order valence-corrected chi connectivity index (χ1v) is 9.30. The molecule has 134 valence electrons. The van der Waals surface area contributed by atoms with Crippen molar-refractivity contribution in [3.05, 3.63) is 41.9 Å². The van der Waals surface area contributed by atoms with Gasteiger partial charge < -0.3 is 4.90 Å². The van der Waals surface area contributed by atoms with Gasteiger partial charge in [-0.3, -0.25) is 14.5 Å². The molecule has 3 aromatic rings. The lowest BCUT2D eigenvalue weighted by atomic mass is 10.1. The van der Waals surface area contributed by atoms with E-state index in [1.807, 2.05) is 27.9 Å². The number of halogens is 1. The molecule has 1 amide bonds. The molecule has 7 heteroatoms. The largest absolute Gasteiger partial charge is 0.343 e. The second-order valence-electron chi connectivity index (χ2n) is 6.58. The quantitative estimate of drug-likeness (QED) is 0.660. The van der Waals surface area contributed by atoms with E-state index < -0.39 is 0 Å². The number of hydrogen-bond acceptors (Lipinski definition) is 4. The summed E-state index contributed by atoms with van der Waals surface area (Å²) in [5.74, 6) is 0.216. The monoisotopic (exact) mass is 369 g/mol. The van der Waals surface area contributed by atoms with Gasteiger partial charge in [-0.15, -0.1) is 0 Å². The van der Waals surface area contributed by atoms with Gasteiger partial charge in [-0.05, 0) is 37.5 Å². The summed E-state index contributed by atoms with van der Waals surface area (Å²) >= 11 is 5.96. The van der Waals surface area contributed by atoms with Gasteiger partial charge in [0.05, 0.1) is 17.2 Å². The van der Waals surface area contributed by atoms with Crippen LogP contribution in [0.2, 0.25) is 5.15 Å². The first-order valence-electron chi connectivity index (χ1n) is 8.92. The van der Waals surface area contributed by atoms with Crippen LogP contribution in [0, 0.1) is 0 Å². The number of likely N-dealkylation sites (tertiary alicyclic amines) is 1. The minimum atomic E-state index is 0.216. The van der Waals surface area contributed by atoms with E-state index in [0.29, 0.717) is 18.1 Å². The summed E-state index contributed by atoms with van der Waals surface area (Å²) in [6.45, 7) is 2.36. The third-order valence-corrected chi connectivity index (χ3v) is 4.94. The van der Waals surface area contributed by atoms with E-state index in [0.717, 1.165) is 48.1 Å². The summed E-state index contributed by atoms with van der Waals surface area (Å²) in [4.78, 5) is 23.0. The molecule has 0 bridgehead atoms. The molecule has 0 aromatic carbocycles. The number of aromatic nitrogens is 4. The first kappa shape index (κ1) is 17.0. The summed E-state index contributed by atoms with van der Waals surface area (Å²) in [5, 5.41) is 4.83. The fourth-order valence-electron chi connectivity index (χ4n) is 3.29. The fraction of sp³-hybridized carbons (Fsp3) is 0.368. The molecule has 0 unspecified atom stereocenters. The summed E-state index contributed by atoms with van der Waals surface area (Å²) in [6.07, 6.45) is 9.48. The van der Waals surface area contributed by atoms with Gasteiger partial charge in [0, 0.05) is 49.6 Å². The van der Waals surface area contributed by atoms with Crippen molar-refractivity contribution < 1.29 is 4.79 Å².